The van der Waals surface area contributed by atoms with Crippen molar-refractivity contribution in [2.75, 3.05) is 23.8 Å². The topological polar surface area (TPSA) is 146 Å². The molecule has 1 aliphatic rings. The van der Waals surface area contributed by atoms with Crippen LogP contribution in [0.5, 0.6) is 5.88 Å². The van der Waals surface area contributed by atoms with Crippen LogP contribution in [0.1, 0.15) is 30.3 Å². The number of aliphatic hydroxyl groups excluding tert-OH is 3. The summed E-state index contributed by atoms with van der Waals surface area (Å²) >= 11 is 0. The summed E-state index contributed by atoms with van der Waals surface area (Å²) in [4.78, 5) is 13.5. The van der Waals surface area contributed by atoms with Gasteiger partial charge in [0.05, 0.1) is 35.7 Å². The number of benzene rings is 1. The molecule has 3 aromatic heterocycles. The molecule has 5 rings (SSSR count). The second-order valence-electron chi connectivity index (χ2n) is 9.83. The Hall–Kier alpha value is -3.87. The van der Waals surface area contributed by atoms with Crippen molar-refractivity contribution in [1.29, 1.82) is 0 Å². The molecule has 0 radical (unpaired) electrons. The largest absolute Gasteiger partial charge is 0.478 e. The van der Waals surface area contributed by atoms with Crippen LogP contribution in [0, 0.1) is 31.4 Å². The highest BCUT2D eigenvalue weighted by Gasteiger charge is 2.41. The first-order valence-electron chi connectivity index (χ1n) is 13.0. The number of ether oxygens (including phenoxy) is 1. The van der Waals surface area contributed by atoms with Crippen LogP contribution in [-0.4, -0.2) is 61.7 Å². The number of aromatic nitrogens is 3. The Morgan fingerprint density at radius 1 is 1.05 bits per heavy atom. The van der Waals surface area contributed by atoms with E-state index in [0.717, 1.165) is 5.39 Å². The summed E-state index contributed by atoms with van der Waals surface area (Å²) < 4.78 is 40.1. The molecule has 0 spiro atoms. The number of anilines is 2. The zero-order valence-electron chi connectivity index (χ0n) is 22.3. The van der Waals surface area contributed by atoms with Crippen molar-refractivity contribution in [3.05, 3.63) is 58.9 Å². The van der Waals surface area contributed by atoms with Crippen LogP contribution < -0.4 is 15.4 Å². The van der Waals surface area contributed by atoms with E-state index in [1.807, 2.05) is 13.0 Å². The standard InChI is InChI=1S/C28H31F2N5O5/c1-4-39-22-10-15-9-21(40-26(15)14(3)32-22)23-13(2)33-28(31-11-17-18(29)6-5-7-19(17)30)35-27(23)34-20-8-16(12-36)24(37)25(20)38/h5-7,9-10,16,20,24-25,36-38H,4,8,11-12H2,1-3H3,(H2,31,33,34,35)/t16-,20-,24-,25+/m1/s1. The Bertz CT molecular complexity index is 1510. The lowest BCUT2D eigenvalue weighted by Crippen LogP contribution is -2.35. The molecule has 40 heavy (non-hydrogen) atoms. The van der Waals surface area contributed by atoms with Crippen LogP contribution in [0.2, 0.25) is 0 Å². The smallest absolute Gasteiger partial charge is 0.225 e. The van der Waals surface area contributed by atoms with Crippen LogP contribution >= 0.6 is 0 Å². The number of furan rings is 1. The highest BCUT2D eigenvalue weighted by atomic mass is 19.1. The third kappa shape index (κ3) is 5.29. The van der Waals surface area contributed by atoms with Crippen molar-refractivity contribution in [2.45, 2.75) is 52.0 Å². The van der Waals surface area contributed by atoms with E-state index >= 15 is 0 Å². The minimum Gasteiger partial charge on any atom is -0.478 e. The lowest BCUT2D eigenvalue weighted by Gasteiger charge is -2.21. The second kappa shape index (κ2) is 11.3. The Balaban J connectivity index is 1.55. The number of pyridine rings is 1. The van der Waals surface area contributed by atoms with Gasteiger partial charge in [0, 0.05) is 36.1 Å². The summed E-state index contributed by atoms with van der Waals surface area (Å²) in [6.45, 7) is 5.37. The van der Waals surface area contributed by atoms with Gasteiger partial charge >= 0.3 is 0 Å². The van der Waals surface area contributed by atoms with E-state index in [4.69, 9.17) is 9.15 Å². The van der Waals surface area contributed by atoms with Gasteiger partial charge in [-0.1, -0.05) is 6.07 Å². The number of nitrogens with one attached hydrogen (secondary N) is 2. The van der Waals surface area contributed by atoms with E-state index in [2.05, 4.69) is 25.6 Å². The van der Waals surface area contributed by atoms with Crippen LogP contribution in [-0.2, 0) is 6.54 Å². The maximum Gasteiger partial charge on any atom is 0.225 e. The molecule has 1 aliphatic carbocycles. The van der Waals surface area contributed by atoms with Gasteiger partial charge in [-0.15, -0.1) is 0 Å². The number of rotatable bonds is 9. The van der Waals surface area contributed by atoms with Crippen LogP contribution in [0.3, 0.4) is 0 Å². The molecule has 0 bridgehead atoms. The van der Waals surface area contributed by atoms with Gasteiger partial charge in [0.25, 0.3) is 0 Å². The van der Waals surface area contributed by atoms with Gasteiger partial charge in [-0.3, -0.25) is 0 Å². The number of aliphatic hydroxyl groups is 3. The number of hydrogen-bond acceptors (Lipinski definition) is 10. The summed E-state index contributed by atoms with van der Waals surface area (Å²) in [5.41, 5.74) is 2.00. The average Bonchev–Trinajstić information content (AvgIpc) is 3.45. The summed E-state index contributed by atoms with van der Waals surface area (Å²) in [7, 11) is 0. The summed E-state index contributed by atoms with van der Waals surface area (Å²) in [5, 5.41) is 37.4. The van der Waals surface area contributed by atoms with Crippen molar-refractivity contribution in [2.24, 2.45) is 5.92 Å². The first-order chi connectivity index (χ1) is 19.2. The van der Waals surface area contributed by atoms with Gasteiger partial charge in [-0.2, -0.15) is 4.98 Å². The second-order valence-corrected chi connectivity index (χ2v) is 9.83. The summed E-state index contributed by atoms with van der Waals surface area (Å²) in [5.74, 6) is -0.669. The molecule has 5 N–H and O–H groups in total. The lowest BCUT2D eigenvalue weighted by molar-refractivity contribution is 0.00446. The Labute approximate surface area is 229 Å². The monoisotopic (exact) mass is 555 g/mol. The number of fused-ring (bicyclic) bond motifs is 1. The first-order valence-corrected chi connectivity index (χ1v) is 13.0. The van der Waals surface area contributed by atoms with Crippen molar-refractivity contribution in [1.82, 2.24) is 15.0 Å². The van der Waals surface area contributed by atoms with Gasteiger partial charge in [0.2, 0.25) is 11.8 Å². The highest BCUT2D eigenvalue weighted by Crippen LogP contribution is 2.38. The molecule has 1 aromatic carbocycles. The normalized spacial score (nSPS) is 20.7. The molecule has 1 fully saturated rings. The molecule has 10 nitrogen and oxygen atoms in total. The van der Waals surface area contributed by atoms with E-state index in [9.17, 15) is 24.1 Å². The van der Waals surface area contributed by atoms with Crippen LogP contribution in [0.25, 0.3) is 22.3 Å². The molecular formula is C28H31F2N5O5. The number of halogens is 2. The summed E-state index contributed by atoms with van der Waals surface area (Å²) in [6, 6.07) is 6.55. The van der Waals surface area contributed by atoms with E-state index < -0.39 is 35.8 Å². The third-order valence-corrected chi connectivity index (χ3v) is 7.12. The third-order valence-electron chi connectivity index (χ3n) is 7.12. The van der Waals surface area contributed by atoms with Gasteiger partial charge in [-0.05, 0) is 45.4 Å². The SMILES string of the molecule is CCOc1cc2cc(-c3c(C)nc(NCc4c(F)cccc4F)nc3N[C@@H]3C[C@H](CO)[C@@H](O)[C@H]3O)oc2c(C)n1. The number of aryl methyl sites for hydroxylation is 2. The first kappa shape index (κ1) is 27.7. The van der Waals surface area contributed by atoms with Crippen molar-refractivity contribution in [3.8, 4) is 17.2 Å². The van der Waals surface area contributed by atoms with E-state index in [1.165, 1.54) is 18.2 Å². The molecule has 0 aliphatic heterocycles. The van der Waals surface area contributed by atoms with Crippen molar-refractivity contribution < 1.29 is 33.3 Å². The van der Waals surface area contributed by atoms with Gasteiger partial charge in [0.1, 0.15) is 29.3 Å². The maximum absolute atomic E-state index is 14.2. The van der Waals surface area contributed by atoms with Gasteiger partial charge in [-0.25, -0.2) is 18.7 Å². The molecule has 0 amide bonds. The molecule has 212 valence electrons. The summed E-state index contributed by atoms with van der Waals surface area (Å²) in [6.07, 6.45) is -2.00. The van der Waals surface area contributed by atoms with E-state index in [0.29, 0.717) is 40.8 Å². The van der Waals surface area contributed by atoms with Gasteiger partial charge in [0.15, 0.2) is 5.58 Å². The van der Waals surface area contributed by atoms with Crippen molar-refractivity contribution in [3.63, 3.8) is 0 Å². The number of hydrogen-bond donors (Lipinski definition) is 5. The maximum atomic E-state index is 14.2. The van der Waals surface area contributed by atoms with E-state index in [-0.39, 0.29) is 36.9 Å². The van der Waals surface area contributed by atoms with Crippen LogP contribution in [0.4, 0.5) is 20.5 Å². The predicted molar refractivity (Wildman–Crippen MR) is 144 cm³/mol. The quantitative estimate of drug-likeness (QED) is 0.207. The zero-order valence-corrected chi connectivity index (χ0v) is 22.3. The Morgan fingerprint density at radius 2 is 1.80 bits per heavy atom. The van der Waals surface area contributed by atoms with Gasteiger partial charge < -0.3 is 35.1 Å². The fourth-order valence-electron chi connectivity index (χ4n) is 5.07. The molecule has 0 unspecified atom stereocenters. The lowest BCUT2D eigenvalue weighted by atomic mass is 10.1. The molecule has 12 heteroatoms. The van der Waals surface area contributed by atoms with E-state index in [1.54, 1.807) is 19.9 Å². The average molecular weight is 556 g/mol. The molecular weight excluding hydrogens is 524 g/mol. The fraction of sp³-hybridized carbons (Fsp3) is 0.393. The molecule has 3 heterocycles. The minimum absolute atomic E-state index is 0.0886. The molecule has 0 saturated heterocycles. The number of nitrogens with zero attached hydrogens (tertiary/aromatic N) is 3. The zero-order chi connectivity index (χ0) is 28.6. The van der Waals surface area contributed by atoms with Crippen LogP contribution in [0.15, 0.2) is 34.7 Å². The Morgan fingerprint density at radius 3 is 2.48 bits per heavy atom. The fourth-order valence-corrected chi connectivity index (χ4v) is 5.07. The highest BCUT2D eigenvalue weighted by molar-refractivity contribution is 5.88. The minimum atomic E-state index is -1.17. The molecule has 1 saturated carbocycles. The Kier molecular flexibility index (Phi) is 7.83. The molecule has 4 atom stereocenters. The molecule has 4 aromatic rings. The van der Waals surface area contributed by atoms with Crippen molar-refractivity contribution >= 4 is 22.7 Å². The predicted octanol–water partition coefficient (Wildman–Crippen LogP) is 3.71.